The molecule has 0 aliphatic rings. The Hall–Kier alpha value is -2.08. The highest BCUT2D eigenvalue weighted by Gasteiger charge is 2.16. The van der Waals surface area contributed by atoms with Crippen molar-refractivity contribution in [1.29, 1.82) is 0 Å². The normalized spacial score (nSPS) is 10.1. The lowest BCUT2D eigenvalue weighted by Gasteiger charge is -2.14. The van der Waals surface area contributed by atoms with Gasteiger partial charge in [-0.1, -0.05) is 13.0 Å². The van der Waals surface area contributed by atoms with Crippen molar-refractivity contribution in [2.24, 2.45) is 0 Å². The molecule has 1 aromatic carbocycles. The van der Waals surface area contributed by atoms with Gasteiger partial charge in [0.1, 0.15) is 5.82 Å². The summed E-state index contributed by atoms with van der Waals surface area (Å²) in [6.07, 6.45) is 2.51. The summed E-state index contributed by atoms with van der Waals surface area (Å²) in [4.78, 5) is 16.4. The minimum atomic E-state index is -0.264. The number of halogens is 1. The van der Waals surface area contributed by atoms with Gasteiger partial charge in [0.2, 0.25) is 0 Å². The van der Waals surface area contributed by atoms with Crippen LogP contribution in [0.3, 0.4) is 0 Å². The zero-order valence-electron chi connectivity index (χ0n) is 12.4. The van der Waals surface area contributed by atoms with E-state index in [-0.39, 0.29) is 5.91 Å². The van der Waals surface area contributed by atoms with Crippen molar-refractivity contribution < 1.29 is 14.3 Å². The van der Waals surface area contributed by atoms with E-state index in [1.165, 1.54) is 0 Å². The summed E-state index contributed by atoms with van der Waals surface area (Å²) in [5, 5.41) is 2.73. The van der Waals surface area contributed by atoms with Crippen LogP contribution in [0.1, 0.15) is 23.7 Å². The van der Waals surface area contributed by atoms with Crippen molar-refractivity contribution in [3.8, 4) is 11.5 Å². The predicted molar refractivity (Wildman–Crippen MR) is 88.7 cm³/mol. The van der Waals surface area contributed by atoms with Gasteiger partial charge in [0.25, 0.3) is 5.91 Å². The molecule has 1 amide bonds. The first-order chi connectivity index (χ1) is 10.7. The molecule has 0 saturated carbocycles. The van der Waals surface area contributed by atoms with E-state index in [1.54, 1.807) is 43.6 Å². The average molecular weight is 365 g/mol. The Labute approximate surface area is 137 Å². The Morgan fingerprint density at radius 2 is 2.18 bits per heavy atom. The number of rotatable bonds is 6. The van der Waals surface area contributed by atoms with Gasteiger partial charge in [-0.3, -0.25) is 4.79 Å². The first-order valence-corrected chi connectivity index (χ1v) is 7.67. The fraction of sp³-hybridized carbons (Fsp3) is 0.250. The summed E-state index contributed by atoms with van der Waals surface area (Å²) < 4.78 is 11.6. The maximum absolute atomic E-state index is 12.3. The van der Waals surface area contributed by atoms with Crippen LogP contribution in [0.5, 0.6) is 11.5 Å². The fourth-order valence-electron chi connectivity index (χ4n) is 1.82. The monoisotopic (exact) mass is 364 g/mol. The quantitative estimate of drug-likeness (QED) is 0.844. The maximum Gasteiger partial charge on any atom is 0.256 e. The average Bonchev–Trinajstić information content (AvgIpc) is 2.54. The number of carbonyl (C=O) groups is 1. The fourth-order valence-corrected chi connectivity index (χ4v) is 2.38. The van der Waals surface area contributed by atoms with E-state index < -0.39 is 0 Å². The van der Waals surface area contributed by atoms with Crippen molar-refractivity contribution in [2.75, 3.05) is 19.0 Å². The second-order valence-electron chi connectivity index (χ2n) is 4.51. The molecule has 5 nitrogen and oxygen atoms in total. The minimum Gasteiger partial charge on any atom is -0.493 e. The van der Waals surface area contributed by atoms with Crippen molar-refractivity contribution in [3.63, 3.8) is 0 Å². The van der Waals surface area contributed by atoms with Crippen LogP contribution in [0.4, 0.5) is 5.82 Å². The van der Waals surface area contributed by atoms with E-state index in [4.69, 9.17) is 9.47 Å². The molecular formula is C16H17BrN2O3. The number of ether oxygens (including phenoxy) is 2. The summed E-state index contributed by atoms with van der Waals surface area (Å²) in [6, 6.07) is 8.67. The molecule has 0 radical (unpaired) electrons. The third-order valence-corrected chi connectivity index (χ3v) is 3.44. The van der Waals surface area contributed by atoms with Gasteiger partial charge in [0.15, 0.2) is 11.5 Å². The minimum absolute atomic E-state index is 0.264. The molecule has 1 N–H and O–H groups in total. The molecule has 0 saturated heterocycles. The molecule has 6 heteroatoms. The number of hydrogen-bond donors (Lipinski definition) is 1. The van der Waals surface area contributed by atoms with Crippen molar-refractivity contribution >= 4 is 27.7 Å². The first-order valence-electron chi connectivity index (χ1n) is 6.88. The van der Waals surface area contributed by atoms with Crippen LogP contribution in [0.15, 0.2) is 41.0 Å². The summed E-state index contributed by atoms with van der Waals surface area (Å²) in [5.41, 5.74) is 0.457. The lowest BCUT2D eigenvalue weighted by atomic mass is 10.2. The Balaban J connectivity index is 2.24. The van der Waals surface area contributed by atoms with Gasteiger partial charge < -0.3 is 14.8 Å². The lowest BCUT2D eigenvalue weighted by Crippen LogP contribution is -2.13. The number of methoxy groups -OCH3 is 1. The second kappa shape index (κ2) is 7.79. The predicted octanol–water partition coefficient (Wildman–Crippen LogP) is 3.89. The summed E-state index contributed by atoms with van der Waals surface area (Å²) in [7, 11) is 1.54. The van der Waals surface area contributed by atoms with Crippen molar-refractivity contribution in [3.05, 3.63) is 46.6 Å². The summed E-state index contributed by atoms with van der Waals surface area (Å²) in [5.74, 6) is 1.33. The number of nitrogens with one attached hydrogen (secondary N) is 1. The molecule has 22 heavy (non-hydrogen) atoms. The Morgan fingerprint density at radius 1 is 1.36 bits per heavy atom. The van der Waals surface area contributed by atoms with Crippen LogP contribution in [-0.4, -0.2) is 24.6 Å². The third-order valence-electron chi connectivity index (χ3n) is 2.85. The smallest absolute Gasteiger partial charge is 0.256 e. The molecular weight excluding hydrogens is 348 g/mol. The van der Waals surface area contributed by atoms with Crippen LogP contribution in [-0.2, 0) is 0 Å². The number of aromatic nitrogens is 1. The van der Waals surface area contributed by atoms with E-state index >= 15 is 0 Å². The number of hydrogen-bond acceptors (Lipinski definition) is 4. The van der Waals surface area contributed by atoms with Gasteiger partial charge in [-0.15, -0.1) is 0 Å². The molecule has 1 heterocycles. The Morgan fingerprint density at radius 3 is 2.82 bits per heavy atom. The highest BCUT2D eigenvalue weighted by molar-refractivity contribution is 9.10. The molecule has 0 aliphatic heterocycles. The summed E-state index contributed by atoms with van der Waals surface area (Å²) in [6.45, 7) is 2.60. The van der Waals surface area contributed by atoms with Crippen LogP contribution in [0, 0.1) is 0 Å². The van der Waals surface area contributed by atoms with Gasteiger partial charge in [0, 0.05) is 11.8 Å². The Kier molecular flexibility index (Phi) is 5.77. The van der Waals surface area contributed by atoms with Crippen LogP contribution < -0.4 is 14.8 Å². The van der Waals surface area contributed by atoms with Gasteiger partial charge in [-0.05, 0) is 46.6 Å². The first kappa shape index (κ1) is 16.3. The number of pyridine rings is 1. The second-order valence-corrected chi connectivity index (χ2v) is 5.36. The molecule has 2 aromatic rings. The third kappa shape index (κ3) is 3.98. The van der Waals surface area contributed by atoms with Crippen molar-refractivity contribution in [1.82, 2.24) is 4.98 Å². The number of anilines is 1. The molecule has 2 rings (SSSR count). The molecule has 116 valence electrons. The molecule has 0 spiro atoms. The molecule has 0 bridgehead atoms. The number of benzene rings is 1. The van der Waals surface area contributed by atoms with Gasteiger partial charge >= 0.3 is 0 Å². The maximum atomic E-state index is 12.3. The highest BCUT2D eigenvalue weighted by atomic mass is 79.9. The highest BCUT2D eigenvalue weighted by Crippen LogP contribution is 2.36. The molecule has 0 atom stereocenters. The SMILES string of the molecule is CCCOc1c(Br)cc(C(=O)Nc2ccccn2)cc1OC. The zero-order valence-corrected chi connectivity index (χ0v) is 14.0. The summed E-state index contributed by atoms with van der Waals surface area (Å²) >= 11 is 3.42. The van der Waals surface area contributed by atoms with E-state index in [1.807, 2.05) is 6.92 Å². The van der Waals surface area contributed by atoms with Gasteiger partial charge in [0.05, 0.1) is 18.2 Å². The van der Waals surface area contributed by atoms with E-state index in [0.29, 0.717) is 34.0 Å². The van der Waals surface area contributed by atoms with E-state index in [0.717, 1.165) is 6.42 Å². The molecule has 0 unspecified atom stereocenters. The van der Waals surface area contributed by atoms with E-state index in [9.17, 15) is 4.79 Å². The number of carbonyl (C=O) groups excluding carboxylic acids is 1. The van der Waals surface area contributed by atoms with Gasteiger partial charge in [-0.2, -0.15) is 0 Å². The standard InChI is InChI=1S/C16H17BrN2O3/c1-3-8-22-15-12(17)9-11(10-13(15)21-2)16(20)19-14-6-4-5-7-18-14/h4-7,9-10H,3,8H2,1-2H3,(H,18,19,20). The number of amides is 1. The largest absolute Gasteiger partial charge is 0.493 e. The number of nitrogens with zero attached hydrogens (tertiary/aromatic N) is 1. The van der Waals surface area contributed by atoms with Crippen molar-refractivity contribution in [2.45, 2.75) is 13.3 Å². The Bertz CT molecular complexity index is 647. The van der Waals surface area contributed by atoms with Crippen LogP contribution in [0.25, 0.3) is 0 Å². The van der Waals surface area contributed by atoms with E-state index in [2.05, 4.69) is 26.2 Å². The molecule has 0 aliphatic carbocycles. The zero-order chi connectivity index (χ0) is 15.9. The van der Waals surface area contributed by atoms with Crippen LogP contribution >= 0.6 is 15.9 Å². The van der Waals surface area contributed by atoms with Gasteiger partial charge in [-0.25, -0.2) is 4.98 Å². The van der Waals surface area contributed by atoms with Crippen LogP contribution in [0.2, 0.25) is 0 Å². The lowest BCUT2D eigenvalue weighted by molar-refractivity contribution is 0.102. The topological polar surface area (TPSA) is 60.5 Å². The molecule has 1 aromatic heterocycles. The molecule has 0 fully saturated rings.